The molecule has 6 heteroatoms. The number of ketones is 1. The highest BCUT2D eigenvalue weighted by molar-refractivity contribution is 5.98. The Morgan fingerprint density at radius 3 is 2.60 bits per heavy atom. The van der Waals surface area contributed by atoms with Crippen LogP contribution in [0.4, 0.5) is 0 Å². The highest BCUT2D eigenvalue weighted by Crippen LogP contribution is 2.42. The lowest BCUT2D eigenvalue weighted by Gasteiger charge is -2.32. The SMILES string of the molecule is CC(C)=CCCC1(C)C=Cc2c(CCC(=O)c3ccc(OCCN(C)C)cc3O)ccc(O)c2O1. The summed E-state index contributed by atoms with van der Waals surface area (Å²) in [4.78, 5) is 14.9. The van der Waals surface area contributed by atoms with Crippen molar-refractivity contribution in [2.45, 2.75) is 52.1 Å². The average molecular weight is 480 g/mol. The zero-order valence-electron chi connectivity index (χ0n) is 21.4. The number of Topliss-reactive ketones (excluding diaryl/α,β-unsaturated/α-hetero) is 1. The van der Waals surface area contributed by atoms with Crippen LogP contribution in [0.15, 0.2) is 48.1 Å². The van der Waals surface area contributed by atoms with Crippen molar-refractivity contribution in [1.29, 1.82) is 0 Å². The molecule has 1 heterocycles. The van der Waals surface area contributed by atoms with Crippen LogP contribution in [0.2, 0.25) is 0 Å². The Morgan fingerprint density at radius 1 is 1.14 bits per heavy atom. The van der Waals surface area contributed by atoms with Gasteiger partial charge in [0.05, 0.1) is 5.56 Å². The number of ether oxygens (including phenoxy) is 2. The number of benzene rings is 2. The Kier molecular flexibility index (Phi) is 8.62. The van der Waals surface area contributed by atoms with Crippen LogP contribution in [0, 0.1) is 0 Å². The highest BCUT2D eigenvalue weighted by Gasteiger charge is 2.29. The van der Waals surface area contributed by atoms with E-state index < -0.39 is 5.60 Å². The van der Waals surface area contributed by atoms with Gasteiger partial charge in [0.2, 0.25) is 0 Å². The second-order valence-corrected chi connectivity index (χ2v) is 9.81. The molecule has 0 amide bonds. The molecule has 0 aliphatic carbocycles. The Morgan fingerprint density at radius 2 is 1.91 bits per heavy atom. The number of fused-ring (bicyclic) bond motifs is 1. The number of phenolic OH excluding ortho intramolecular Hbond substituents is 2. The van der Waals surface area contributed by atoms with Gasteiger partial charge in [-0.1, -0.05) is 23.8 Å². The minimum atomic E-state index is -0.507. The van der Waals surface area contributed by atoms with Crippen molar-refractivity contribution >= 4 is 11.9 Å². The molecule has 1 aliphatic rings. The lowest BCUT2D eigenvalue weighted by atomic mass is 9.91. The maximum Gasteiger partial charge on any atom is 0.169 e. The zero-order chi connectivity index (χ0) is 25.6. The van der Waals surface area contributed by atoms with Crippen LogP contribution >= 0.6 is 0 Å². The molecule has 35 heavy (non-hydrogen) atoms. The monoisotopic (exact) mass is 479 g/mol. The molecule has 1 unspecified atom stereocenters. The molecule has 2 aromatic carbocycles. The summed E-state index contributed by atoms with van der Waals surface area (Å²) in [5, 5.41) is 20.8. The predicted octanol–water partition coefficient (Wildman–Crippen LogP) is 5.76. The molecule has 0 aromatic heterocycles. The molecule has 0 radical (unpaired) electrons. The van der Waals surface area contributed by atoms with Gasteiger partial charge in [-0.05, 0) is 84.0 Å². The molecule has 188 valence electrons. The number of hydrogen-bond donors (Lipinski definition) is 2. The Balaban J connectivity index is 1.67. The molecule has 1 aliphatic heterocycles. The highest BCUT2D eigenvalue weighted by atomic mass is 16.5. The summed E-state index contributed by atoms with van der Waals surface area (Å²) in [7, 11) is 3.92. The van der Waals surface area contributed by atoms with Crippen LogP contribution in [0.25, 0.3) is 6.08 Å². The lowest BCUT2D eigenvalue weighted by molar-refractivity contribution is 0.0979. The lowest BCUT2D eigenvalue weighted by Crippen LogP contribution is -2.32. The number of hydrogen-bond acceptors (Lipinski definition) is 6. The van der Waals surface area contributed by atoms with Crippen molar-refractivity contribution in [3.8, 4) is 23.0 Å². The fourth-order valence-electron chi connectivity index (χ4n) is 4.01. The number of rotatable bonds is 11. The first-order valence-electron chi connectivity index (χ1n) is 12.1. The van der Waals surface area contributed by atoms with Crippen LogP contribution in [-0.4, -0.2) is 53.7 Å². The smallest absolute Gasteiger partial charge is 0.169 e. The van der Waals surface area contributed by atoms with E-state index in [1.54, 1.807) is 18.2 Å². The van der Waals surface area contributed by atoms with E-state index in [0.717, 1.165) is 30.5 Å². The van der Waals surface area contributed by atoms with Gasteiger partial charge in [-0.15, -0.1) is 0 Å². The summed E-state index contributed by atoms with van der Waals surface area (Å²) in [5.74, 6) is 0.842. The van der Waals surface area contributed by atoms with Crippen LogP contribution in [0.3, 0.4) is 0 Å². The van der Waals surface area contributed by atoms with Gasteiger partial charge in [0.15, 0.2) is 17.3 Å². The summed E-state index contributed by atoms with van der Waals surface area (Å²) in [6.07, 6.45) is 8.55. The number of nitrogens with zero attached hydrogens (tertiary/aromatic N) is 1. The maximum absolute atomic E-state index is 12.9. The fourth-order valence-corrected chi connectivity index (χ4v) is 4.01. The summed E-state index contributed by atoms with van der Waals surface area (Å²) >= 11 is 0. The van der Waals surface area contributed by atoms with Crippen molar-refractivity contribution in [2.75, 3.05) is 27.2 Å². The minimum absolute atomic E-state index is 0.0829. The fraction of sp³-hybridized carbons (Fsp3) is 0.414. The van der Waals surface area contributed by atoms with Gasteiger partial charge in [-0.25, -0.2) is 0 Å². The van der Waals surface area contributed by atoms with Crippen molar-refractivity contribution in [3.05, 3.63) is 64.7 Å². The van der Waals surface area contributed by atoms with E-state index in [1.165, 1.54) is 11.6 Å². The molecule has 3 rings (SSSR count). The van der Waals surface area contributed by atoms with E-state index in [4.69, 9.17) is 9.47 Å². The third-order valence-corrected chi connectivity index (χ3v) is 6.09. The summed E-state index contributed by atoms with van der Waals surface area (Å²) in [5.41, 5.74) is 2.74. The standard InChI is InChI=1S/C29H37NO5/c1-20(2)7-6-15-29(3)16-14-23-21(9-13-26(32)28(23)35-29)8-12-25(31)24-11-10-22(19-27(24)33)34-18-17-30(4)5/h7,9-11,13-14,16,19,32-33H,6,8,12,15,17-18H2,1-5H3. The molecule has 0 spiro atoms. The van der Waals surface area contributed by atoms with Crippen LogP contribution in [0.1, 0.15) is 61.5 Å². The molecule has 1 atom stereocenters. The first-order chi connectivity index (χ1) is 16.6. The Labute approximate surface area is 208 Å². The quantitative estimate of drug-likeness (QED) is 0.315. The second kappa shape index (κ2) is 11.5. The number of aromatic hydroxyl groups is 2. The van der Waals surface area contributed by atoms with E-state index in [9.17, 15) is 15.0 Å². The third-order valence-electron chi connectivity index (χ3n) is 6.09. The minimum Gasteiger partial charge on any atom is -0.507 e. The predicted molar refractivity (Wildman–Crippen MR) is 140 cm³/mol. The molecule has 2 aromatic rings. The van der Waals surface area contributed by atoms with Crippen LogP contribution in [0.5, 0.6) is 23.0 Å². The van der Waals surface area contributed by atoms with Gasteiger partial charge in [-0.2, -0.15) is 0 Å². The number of aryl methyl sites for hydroxylation is 1. The number of carbonyl (C=O) groups excluding carboxylic acids is 1. The van der Waals surface area contributed by atoms with E-state index in [0.29, 0.717) is 24.5 Å². The maximum atomic E-state index is 12.9. The van der Waals surface area contributed by atoms with E-state index >= 15 is 0 Å². The number of carbonyl (C=O) groups is 1. The molecule has 0 saturated heterocycles. The van der Waals surface area contributed by atoms with Crippen molar-refractivity contribution < 1.29 is 24.5 Å². The molecule has 0 fully saturated rings. The van der Waals surface area contributed by atoms with Gasteiger partial charge < -0.3 is 24.6 Å². The largest absolute Gasteiger partial charge is 0.507 e. The number of allylic oxidation sites excluding steroid dienone is 2. The van der Waals surface area contributed by atoms with Gasteiger partial charge in [0.25, 0.3) is 0 Å². The molecular weight excluding hydrogens is 442 g/mol. The normalized spacial score (nSPS) is 16.5. The first kappa shape index (κ1) is 26.4. The zero-order valence-corrected chi connectivity index (χ0v) is 21.4. The third kappa shape index (κ3) is 7.12. The first-order valence-corrected chi connectivity index (χ1v) is 12.1. The van der Waals surface area contributed by atoms with E-state index in [-0.39, 0.29) is 29.3 Å². The van der Waals surface area contributed by atoms with Gasteiger partial charge >= 0.3 is 0 Å². The summed E-state index contributed by atoms with van der Waals surface area (Å²) < 4.78 is 11.9. The molecule has 0 saturated carbocycles. The van der Waals surface area contributed by atoms with Crippen molar-refractivity contribution in [2.24, 2.45) is 0 Å². The number of phenols is 2. The summed E-state index contributed by atoms with van der Waals surface area (Å²) in [6.45, 7) is 7.41. The molecule has 2 N–H and O–H groups in total. The van der Waals surface area contributed by atoms with E-state index in [1.807, 2.05) is 44.1 Å². The van der Waals surface area contributed by atoms with Crippen molar-refractivity contribution in [3.63, 3.8) is 0 Å². The Hall–Kier alpha value is -3.25. The van der Waals surface area contributed by atoms with Gasteiger partial charge in [0, 0.05) is 24.6 Å². The van der Waals surface area contributed by atoms with Gasteiger partial charge in [-0.3, -0.25) is 4.79 Å². The van der Waals surface area contributed by atoms with Crippen LogP contribution < -0.4 is 9.47 Å². The van der Waals surface area contributed by atoms with Gasteiger partial charge in [0.1, 0.15) is 23.7 Å². The molecular formula is C29H37NO5. The molecule has 6 nitrogen and oxygen atoms in total. The summed E-state index contributed by atoms with van der Waals surface area (Å²) in [6, 6.07) is 8.24. The topological polar surface area (TPSA) is 79.2 Å². The average Bonchev–Trinajstić information content (AvgIpc) is 2.78. The number of likely N-dealkylation sites (N-methyl/N-ethyl adjacent to an activating group) is 1. The second-order valence-electron chi connectivity index (χ2n) is 9.81. The Bertz CT molecular complexity index is 1110. The molecule has 0 bridgehead atoms. The van der Waals surface area contributed by atoms with Crippen LogP contribution in [-0.2, 0) is 6.42 Å². The van der Waals surface area contributed by atoms with E-state index in [2.05, 4.69) is 19.9 Å². The van der Waals surface area contributed by atoms with Crippen molar-refractivity contribution in [1.82, 2.24) is 4.90 Å².